The molecule has 3 rings (SSSR count). The molecule has 0 saturated heterocycles. The average Bonchev–Trinajstić information content (AvgIpc) is 3.02. The first-order valence-electron chi connectivity index (χ1n) is 7.14. The molecule has 1 aliphatic carbocycles. The molecule has 1 heterocycles. The molecule has 0 spiro atoms. The molecule has 0 atom stereocenters. The fraction of sp³-hybridized carbons (Fsp3) is 0.438. The van der Waals surface area contributed by atoms with Crippen LogP contribution < -0.4 is 5.73 Å². The minimum atomic E-state index is 0.152. The topological polar surface area (TPSA) is 43.8 Å². The second-order valence-corrected chi connectivity index (χ2v) is 5.53. The zero-order valence-electron chi connectivity index (χ0n) is 11.3. The summed E-state index contributed by atoms with van der Waals surface area (Å²) in [7, 11) is 0. The lowest BCUT2D eigenvalue weighted by molar-refractivity contribution is 0.300. The molecule has 0 aliphatic heterocycles. The molecule has 2 aromatic rings. The van der Waals surface area contributed by atoms with Crippen molar-refractivity contribution < 1.29 is 0 Å². The normalized spacial score (nSPS) is 18.4. The van der Waals surface area contributed by atoms with Crippen molar-refractivity contribution in [3.63, 3.8) is 0 Å². The maximum absolute atomic E-state index is 6.17. The Kier molecular flexibility index (Phi) is 3.38. The smallest absolute Gasteiger partial charge is 0.0991 e. The van der Waals surface area contributed by atoms with Crippen LogP contribution in [0.3, 0.4) is 0 Å². The first kappa shape index (κ1) is 12.4. The van der Waals surface area contributed by atoms with Crippen molar-refractivity contribution in [2.45, 2.75) is 37.5 Å². The van der Waals surface area contributed by atoms with E-state index in [2.05, 4.69) is 33.8 Å². The number of para-hydroxylation sites is 1. The van der Waals surface area contributed by atoms with E-state index in [1.54, 1.807) is 0 Å². The maximum Gasteiger partial charge on any atom is 0.0991 e. The maximum atomic E-state index is 6.17. The summed E-state index contributed by atoms with van der Waals surface area (Å²) in [6.07, 6.45) is 12.0. The lowest BCUT2D eigenvalue weighted by Gasteiger charge is -2.38. The molecule has 100 valence electrons. The van der Waals surface area contributed by atoms with Crippen molar-refractivity contribution in [1.29, 1.82) is 0 Å². The van der Waals surface area contributed by atoms with Gasteiger partial charge in [0, 0.05) is 24.4 Å². The summed E-state index contributed by atoms with van der Waals surface area (Å²) in [4.78, 5) is 4.17. The van der Waals surface area contributed by atoms with Gasteiger partial charge < -0.3 is 10.3 Å². The third-order valence-electron chi connectivity index (χ3n) is 4.46. The Morgan fingerprint density at radius 2 is 1.95 bits per heavy atom. The van der Waals surface area contributed by atoms with Gasteiger partial charge >= 0.3 is 0 Å². The summed E-state index contributed by atoms with van der Waals surface area (Å²) in [6, 6.07) is 8.63. The van der Waals surface area contributed by atoms with Gasteiger partial charge in [-0.1, -0.05) is 37.5 Å². The van der Waals surface area contributed by atoms with Gasteiger partial charge in [-0.25, -0.2) is 4.98 Å². The lowest BCUT2D eigenvalue weighted by Crippen LogP contribution is -2.38. The molecule has 1 aromatic carbocycles. The number of imidazole rings is 1. The monoisotopic (exact) mass is 255 g/mol. The Bertz CT molecular complexity index is 525. The minimum absolute atomic E-state index is 0.152. The highest BCUT2D eigenvalue weighted by molar-refractivity contribution is 5.46. The van der Waals surface area contributed by atoms with Crippen molar-refractivity contribution in [3.05, 3.63) is 48.5 Å². The van der Waals surface area contributed by atoms with E-state index in [0.717, 1.165) is 6.54 Å². The van der Waals surface area contributed by atoms with Crippen LogP contribution in [0.2, 0.25) is 0 Å². The van der Waals surface area contributed by atoms with Crippen LogP contribution in [0.5, 0.6) is 0 Å². The zero-order chi connectivity index (χ0) is 13.1. The Balaban J connectivity index is 2.09. The van der Waals surface area contributed by atoms with Crippen LogP contribution in [0.25, 0.3) is 5.69 Å². The zero-order valence-corrected chi connectivity index (χ0v) is 11.3. The summed E-state index contributed by atoms with van der Waals surface area (Å²) < 4.78 is 2.10. The van der Waals surface area contributed by atoms with Crippen LogP contribution in [-0.2, 0) is 5.41 Å². The molecule has 0 unspecified atom stereocenters. The first-order chi connectivity index (χ1) is 9.36. The van der Waals surface area contributed by atoms with E-state index in [-0.39, 0.29) is 5.41 Å². The average molecular weight is 255 g/mol. The van der Waals surface area contributed by atoms with E-state index in [4.69, 9.17) is 5.73 Å². The second kappa shape index (κ2) is 5.17. The second-order valence-electron chi connectivity index (χ2n) is 5.53. The molecule has 0 radical (unpaired) electrons. The SMILES string of the molecule is NCC1(c2ccccc2-n2ccnc2)CCCCC1. The Hall–Kier alpha value is -1.61. The third kappa shape index (κ3) is 2.19. The summed E-state index contributed by atoms with van der Waals surface area (Å²) in [5.74, 6) is 0. The predicted molar refractivity (Wildman–Crippen MR) is 77.4 cm³/mol. The molecule has 19 heavy (non-hydrogen) atoms. The fourth-order valence-electron chi connectivity index (χ4n) is 3.36. The molecule has 0 amide bonds. The van der Waals surface area contributed by atoms with Gasteiger partial charge in [0.25, 0.3) is 0 Å². The molecule has 0 bridgehead atoms. The number of rotatable bonds is 3. The predicted octanol–water partition coefficient (Wildman–Crippen LogP) is 3.03. The van der Waals surface area contributed by atoms with Crippen LogP contribution >= 0.6 is 0 Å². The molecule has 3 nitrogen and oxygen atoms in total. The first-order valence-corrected chi connectivity index (χ1v) is 7.14. The van der Waals surface area contributed by atoms with Gasteiger partial charge in [-0.3, -0.25) is 0 Å². The van der Waals surface area contributed by atoms with Crippen molar-refractivity contribution in [2.75, 3.05) is 6.54 Å². The number of nitrogens with two attached hydrogens (primary N) is 1. The number of aromatic nitrogens is 2. The van der Waals surface area contributed by atoms with Gasteiger partial charge in [-0.05, 0) is 24.5 Å². The number of nitrogens with zero attached hydrogens (tertiary/aromatic N) is 2. The highest BCUT2D eigenvalue weighted by Gasteiger charge is 2.34. The summed E-state index contributed by atoms with van der Waals surface area (Å²) in [5.41, 5.74) is 8.93. The summed E-state index contributed by atoms with van der Waals surface area (Å²) in [6.45, 7) is 0.735. The van der Waals surface area contributed by atoms with E-state index in [0.29, 0.717) is 0 Å². The largest absolute Gasteiger partial charge is 0.330 e. The van der Waals surface area contributed by atoms with Gasteiger partial charge in [0.2, 0.25) is 0 Å². The summed E-state index contributed by atoms with van der Waals surface area (Å²) >= 11 is 0. The van der Waals surface area contributed by atoms with Crippen molar-refractivity contribution >= 4 is 0 Å². The number of hydrogen-bond donors (Lipinski definition) is 1. The van der Waals surface area contributed by atoms with E-state index in [1.165, 1.54) is 43.4 Å². The van der Waals surface area contributed by atoms with Crippen LogP contribution in [0.15, 0.2) is 43.0 Å². The molecule has 1 aromatic heterocycles. The highest BCUT2D eigenvalue weighted by Crippen LogP contribution is 2.40. The van der Waals surface area contributed by atoms with Crippen LogP contribution in [0.1, 0.15) is 37.7 Å². The fourth-order valence-corrected chi connectivity index (χ4v) is 3.36. The number of hydrogen-bond acceptors (Lipinski definition) is 2. The van der Waals surface area contributed by atoms with E-state index < -0.39 is 0 Å². The van der Waals surface area contributed by atoms with Crippen molar-refractivity contribution in [2.24, 2.45) is 5.73 Å². The van der Waals surface area contributed by atoms with Gasteiger partial charge in [0.15, 0.2) is 0 Å². The highest BCUT2D eigenvalue weighted by atomic mass is 15.0. The summed E-state index contributed by atoms with van der Waals surface area (Å²) in [5, 5.41) is 0. The van der Waals surface area contributed by atoms with Gasteiger partial charge in [0.05, 0.1) is 12.0 Å². The van der Waals surface area contributed by atoms with Crippen LogP contribution in [-0.4, -0.2) is 16.1 Å². The van der Waals surface area contributed by atoms with E-state index >= 15 is 0 Å². The van der Waals surface area contributed by atoms with Gasteiger partial charge in [-0.15, -0.1) is 0 Å². The van der Waals surface area contributed by atoms with Crippen LogP contribution in [0.4, 0.5) is 0 Å². The molecule has 3 heteroatoms. The van der Waals surface area contributed by atoms with Crippen molar-refractivity contribution in [3.8, 4) is 5.69 Å². The standard InChI is InChI=1S/C16H21N3/c17-12-16(8-4-1-5-9-16)14-6-2-3-7-15(14)19-11-10-18-13-19/h2-3,6-7,10-11,13H,1,4-5,8-9,12,17H2. The van der Waals surface area contributed by atoms with Gasteiger partial charge in [0.1, 0.15) is 0 Å². The molecular weight excluding hydrogens is 234 g/mol. The Morgan fingerprint density at radius 1 is 1.16 bits per heavy atom. The number of benzene rings is 1. The van der Waals surface area contributed by atoms with Gasteiger partial charge in [-0.2, -0.15) is 0 Å². The molecule has 1 saturated carbocycles. The van der Waals surface area contributed by atoms with E-state index in [9.17, 15) is 0 Å². The third-order valence-corrected chi connectivity index (χ3v) is 4.46. The van der Waals surface area contributed by atoms with Crippen LogP contribution in [0, 0.1) is 0 Å². The Morgan fingerprint density at radius 3 is 2.63 bits per heavy atom. The van der Waals surface area contributed by atoms with E-state index in [1.807, 2.05) is 18.7 Å². The molecular formula is C16H21N3. The molecule has 2 N–H and O–H groups in total. The molecule has 1 fully saturated rings. The minimum Gasteiger partial charge on any atom is -0.330 e. The van der Waals surface area contributed by atoms with Crippen molar-refractivity contribution in [1.82, 2.24) is 9.55 Å². The molecule has 1 aliphatic rings. The Labute approximate surface area is 114 Å². The quantitative estimate of drug-likeness (QED) is 0.916. The lowest BCUT2D eigenvalue weighted by atomic mass is 9.69.